The summed E-state index contributed by atoms with van der Waals surface area (Å²) in [7, 11) is -19.4. The Morgan fingerprint density at radius 2 is 0.824 bits per heavy atom. The van der Waals surface area contributed by atoms with Crippen molar-refractivity contribution in [3.63, 3.8) is 0 Å². The van der Waals surface area contributed by atoms with Crippen LogP contribution in [0.15, 0.2) is 237 Å². The third kappa shape index (κ3) is 21.8. The monoisotopic (exact) mass is 1700 g/mol. The summed E-state index contributed by atoms with van der Waals surface area (Å²) < 4.78 is 183. The number of halogens is 9. The van der Waals surface area contributed by atoms with Crippen molar-refractivity contribution in [2.24, 2.45) is 0 Å². The van der Waals surface area contributed by atoms with Gasteiger partial charge in [-0.05, 0) is 135 Å². The van der Waals surface area contributed by atoms with E-state index in [0.717, 1.165) is 152 Å². The fourth-order valence-electron chi connectivity index (χ4n) is 12.5. The van der Waals surface area contributed by atoms with Gasteiger partial charge in [0.1, 0.15) is 5.75 Å². The number of aryl methyl sites for hydroxylation is 3. The van der Waals surface area contributed by atoms with Crippen molar-refractivity contribution >= 4 is 74.2 Å². The van der Waals surface area contributed by atoms with Crippen molar-refractivity contribution in [3.8, 4) is 78.7 Å². The van der Waals surface area contributed by atoms with E-state index in [-0.39, 0.29) is 28.0 Å². The number of benzene rings is 7. The van der Waals surface area contributed by atoms with Gasteiger partial charge in [0.25, 0.3) is 0 Å². The van der Waals surface area contributed by atoms with Crippen LogP contribution in [0, 0.1) is 20.8 Å². The highest BCUT2D eigenvalue weighted by atomic mass is 32.3. The molecule has 1 fully saturated rings. The fourth-order valence-corrected chi connectivity index (χ4v) is 15.7. The molecule has 0 amide bonds. The number of pyridine rings is 4. The molecule has 7 aromatic heterocycles. The van der Waals surface area contributed by atoms with Gasteiger partial charge in [0.15, 0.2) is 5.75 Å². The number of nitrogens with zero attached hydrogens (tertiary/aromatic N) is 11. The number of aromatic amines is 3. The number of nitrogens with one attached hydrogen (secondary N) is 3. The fraction of sp³-hybridized carbons (Fsp3) is 0.235. The van der Waals surface area contributed by atoms with Crippen molar-refractivity contribution < 1.29 is 74.1 Å². The maximum atomic E-state index is 12.7. The van der Waals surface area contributed by atoms with E-state index in [2.05, 4.69) is 153 Å². The van der Waals surface area contributed by atoms with Crippen molar-refractivity contribution in [1.29, 1.82) is 0 Å². The van der Waals surface area contributed by atoms with E-state index >= 15 is 0 Å². The summed E-state index contributed by atoms with van der Waals surface area (Å²) in [6, 6.07) is 60.5. The molecule has 0 aliphatic carbocycles. The molecule has 7 aromatic carbocycles. The highest BCUT2D eigenvalue weighted by molar-refractivity contribution is 8.11. The number of fused-ring (bicyclic) bond motifs is 3. The minimum atomic E-state index is -6.81. The largest absolute Gasteiger partial charge is 0.534 e. The number of alkyl halides is 9. The second-order valence-electron chi connectivity index (χ2n) is 26.2. The molecule has 8 heterocycles. The highest BCUT2D eigenvalue weighted by Crippen LogP contribution is 2.42. The first-order valence-electron chi connectivity index (χ1n) is 36.0. The van der Waals surface area contributed by atoms with Gasteiger partial charge in [0, 0.05) is 112 Å². The second kappa shape index (κ2) is 39.4. The van der Waals surface area contributed by atoms with Crippen LogP contribution in [0.25, 0.3) is 99.9 Å². The van der Waals surface area contributed by atoms with E-state index in [1.807, 2.05) is 93.1 Å². The Morgan fingerprint density at radius 3 is 1.20 bits per heavy atom. The van der Waals surface area contributed by atoms with E-state index < -0.39 is 61.8 Å². The lowest BCUT2D eigenvalue weighted by Gasteiger charge is -2.36. The zero-order valence-electron chi connectivity index (χ0n) is 63.0. The maximum Gasteiger partial charge on any atom is 0.534 e. The van der Waals surface area contributed by atoms with Gasteiger partial charge >= 0.3 is 46.7 Å². The number of sulfonamides is 2. The van der Waals surface area contributed by atoms with Gasteiger partial charge in [0.2, 0.25) is 0 Å². The predicted octanol–water partition coefficient (Wildman–Crippen LogP) is 19.9. The molecule has 628 valence electrons. The van der Waals surface area contributed by atoms with Gasteiger partial charge in [-0.2, -0.15) is 80.1 Å². The number of para-hydroxylation sites is 1. The van der Waals surface area contributed by atoms with Crippen LogP contribution in [-0.4, -0.2) is 153 Å². The molecule has 0 saturated carbocycles. The molecule has 15 rings (SSSR count). The third-order valence-electron chi connectivity index (χ3n) is 18.6. The molecule has 0 atom stereocenters. The van der Waals surface area contributed by atoms with Gasteiger partial charge in [-0.3, -0.25) is 40.1 Å². The Bertz CT molecular complexity index is 6000. The van der Waals surface area contributed by atoms with Crippen LogP contribution in [0.5, 0.6) is 11.5 Å². The summed E-state index contributed by atoms with van der Waals surface area (Å²) >= 11 is 0. The Morgan fingerprint density at radius 1 is 0.437 bits per heavy atom. The number of hydrogen-bond donors (Lipinski definition) is 4. The van der Waals surface area contributed by atoms with Crippen LogP contribution in [0.3, 0.4) is 0 Å². The van der Waals surface area contributed by atoms with Crippen molar-refractivity contribution in [2.75, 3.05) is 54.4 Å². The van der Waals surface area contributed by atoms with E-state index in [9.17, 15) is 69.9 Å². The topological polar surface area (TPSA) is 282 Å². The van der Waals surface area contributed by atoms with E-state index in [1.54, 1.807) is 48.5 Å². The number of aromatic hydroxyl groups is 1. The molecule has 1 aliphatic rings. The van der Waals surface area contributed by atoms with Gasteiger partial charge < -0.3 is 19.1 Å². The molecule has 0 bridgehead atoms. The molecular weight excluding hydrogens is 1610 g/mol. The number of piperazine rings is 1. The van der Waals surface area contributed by atoms with E-state index in [0.29, 0.717) is 34.5 Å². The summed E-state index contributed by atoms with van der Waals surface area (Å²) in [6.07, 6.45) is 8.26. The number of anilines is 2. The smallest absolute Gasteiger partial charge is 0.506 e. The number of H-pyrrole nitrogens is 3. The van der Waals surface area contributed by atoms with Crippen LogP contribution in [0.4, 0.5) is 50.9 Å². The summed E-state index contributed by atoms with van der Waals surface area (Å²) in [5.74, 6) is -0.380. The molecule has 119 heavy (non-hydrogen) atoms. The lowest BCUT2D eigenvalue weighted by atomic mass is 9.97. The third-order valence-corrected chi connectivity index (χ3v) is 23.2. The number of hydrogen-bond acceptors (Lipinski definition) is 18. The minimum Gasteiger partial charge on any atom is -0.506 e. The average Bonchev–Trinajstić information content (AvgIpc) is 1.36. The van der Waals surface area contributed by atoms with E-state index in [4.69, 9.17) is 4.98 Å². The average molecular weight is 1700 g/mol. The summed E-state index contributed by atoms with van der Waals surface area (Å²) in [6.45, 7) is 21.0. The quantitative estimate of drug-likeness (QED) is 0.0374. The molecule has 14 aromatic rings. The summed E-state index contributed by atoms with van der Waals surface area (Å²) in [5.41, 5.74) is -0.913. The van der Waals surface area contributed by atoms with Crippen molar-refractivity contribution in [3.05, 3.63) is 260 Å². The van der Waals surface area contributed by atoms with E-state index in [1.165, 1.54) is 43.1 Å². The molecule has 1 aliphatic heterocycles. The first-order valence-corrected chi connectivity index (χ1v) is 40.3. The minimum absolute atomic E-state index is 0. The summed E-state index contributed by atoms with van der Waals surface area (Å²) in [5, 5.41) is 34.7. The Balaban J connectivity index is 0.000000194. The van der Waals surface area contributed by atoms with Gasteiger partial charge in [0.05, 0.1) is 63.6 Å². The Labute approximate surface area is 684 Å². The SMILES string of the molecule is C.C.C.CCN(CC)CC.Cc1[nH]nc2ccc(-c3cc(N4CCN(Cc5cccnc5)CC4)cnc3-c3ccccc3)cc12.Cc1[nH]nc2ccc(-c3cc(O)cnc3-c3ccccc3)cc12.Cc1[nH]nc2ccc(-c3cc(OS(=O)(=O)C(F)(F)F)cnc3-c3ccccc3)cc12.O=S(=O)(N(c1ccccc1)S(=O)(=O)C(F)(F)F)C(F)(F)F. The zero-order valence-corrected chi connectivity index (χ0v) is 65.5. The van der Waals surface area contributed by atoms with Gasteiger partial charge in [-0.15, -0.1) is 3.71 Å². The van der Waals surface area contributed by atoms with Crippen LogP contribution in [0.2, 0.25) is 0 Å². The standard InChI is InChI=1S/C29H28N6.C20H14F3N3O3S.C19H15N3O.C8H5F6NO4S2.C6H15N.3CH4/c1-21-26-16-24(9-10-28(26)33-32-21)27-17-25(19-31-29(27)23-7-3-2-4-8-23)35-14-12-34(13-15-35)20-22-6-5-11-30-18-22;1-12-16-9-14(7-8-18(16)26-25-12)17-10-15(29-30(27,28)20(21,22)23)11-24-19(17)13-5-3-2-4-6-13;1-12-16-9-14(7-8-18(16)22-21-12)17-10-15(23)11-20-19(17)13-5-3-2-4-6-13;9-7(10,11)20(16,17)15(6-4-2-1-3-5-6)21(18,19)8(12,13)14;1-4-7(5-2)6-3;;;/h2-11,16-19H,12-15,20H2,1H3,(H,32,33);2-11H,1H3,(H,25,26);2-11,23H,1H3,(H,21,22);1-5H;4-6H2,1-3H3;3*1H4. The Hall–Kier alpha value is -12.1. The van der Waals surface area contributed by atoms with Crippen molar-refractivity contribution in [1.82, 2.24) is 60.3 Å². The number of aromatic nitrogens is 10. The van der Waals surface area contributed by atoms with Crippen LogP contribution in [-0.2, 0) is 36.7 Å². The van der Waals surface area contributed by atoms with Crippen LogP contribution < -0.4 is 12.8 Å². The molecule has 1 saturated heterocycles. The molecule has 0 unspecified atom stereocenters. The molecule has 4 N–H and O–H groups in total. The first kappa shape index (κ1) is 92.4. The molecular formula is C85H89F9N14O8S3. The zero-order chi connectivity index (χ0) is 83.3. The lowest BCUT2D eigenvalue weighted by molar-refractivity contribution is -0.0501. The maximum absolute atomic E-state index is 12.7. The number of rotatable bonds is 17. The van der Waals surface area contributed by atoms with Crippen LogP contribution in [0.1, 0.15) is 65.7 Å². The second-order valence-corrected chi connectivity index (χ2v) is 31.6. The normalized spacial score (nSPS) is 12.6. The predicted molar refractivity (Wildman–Crippen MR) is 450 cm³/mol. The van der Waals surface area contributed by atoms with Gasteiger partial charge in [-0.25, -0.2) is 0 Å². The molecule has 22 nitrogen and oxygen atoms in total. The van der Waals surface area contributed by atoms with Crippen LogP contribution >= 0.6 is 0 Å². The molecule has 0 radical (unpaired) electrons. The van der Waals surface area contributed by atoms with Crippen molar-refractivity contribution in [2.45, 2.75) is 86.9 Å². The first-order chi connectivity index (χ1) is 55.2. The molecule has 34 heteroatoms. The lowest BCUT2D eigenvalue weighted by Crippen LogP contribution is -2.49. The Kier molecular flexibility index (Phi) is 30.6. The summed E-state index contributed by atoms with van der Waals surface area (Å²) in [4.78, 5) is 25.2. The highest BCUT2D eigenvalue weighted by Gasteiger charge is 2.62. The molecule has 0 spiro atoms. The van der Waals surface area contributed by atoms with Gasteiger partial charge in [-0.1, -0.05) is 177 Å².